The van der Waals surface area contributed by atoms with Crippen LogP contribution in [0, 0.1) is 11.3 Å². The number of nitriles is 1. The van der Waals surface area contributed by atoms with Crippen LogP contribution in [0.2, 0.25) is 0 Å². The second-order valence-electron chi connectivity index (χ2n) is 1.70. The molecule has 0 bridgehead atoms. The smallest absolute Gasteiger partial charge is 0.403 e. The van der Waals surface area contributed by atoms with Crippen LogP contribution in [0.3, 0.4) is 0 Å². The van der Waals surface area contributed by atoms with Crippen LogP contribution in [-0.4, -0.2) is 12.0 Å². The molecular formula is C6H8ClNO2. The Balaban J connectivity index is 2.92. The Morgan fingerprint density at radius 2 is 2.30 bits per heavy atom. The molecule has 0 N–H and O–H groups in total. The molecule has 0 aliphatic carbocycles. The summed E-state index contributed by atoms with van der Waals surface area (Å²) in [7, 11) is 0. The van der Waals surface area contributed by atoms with Gasteiger partial charge in [0.1, 0.15) is 0 Å². The van der Waals surface area contributed by atoms with Crippen LogP contribution in [0.1, 0.15) is 19.3 Å². The van der Waals surface area contributed by atoms with E-state index >= 15 is 0 Å². The molecule has 3 nitrogen and oxygen atoms in total. The summed E-state index contributed by atoms with van der Waals surface area (Å²) >= 11 is 4.86. The second kappa shape index (κ2) is 6.37. The molecule has 0 saturated heterocycles. The summed E-state index contributed by atoms with van der Waals surface area (Å²) in [6.07, 6.45) is 1.95. The van der Waals surface area contributed by atoms with Crippen LogP contribution in [0.4, 0.5) is 4.79 Å². The average molecular weight is 162 g/mol. The standard InChI is InChI=1S/C6H8ClNO2/c7-6(9)10-5-3-1-2-4-8/h1-3,5H2. The molecule has 0 amide bonds. The molecule has 0 heterocycles. The van der Waals surface area contributed by atoms with E-state index in [1.54, 1.807) is 0 Å². The third-order valence-corrected chi connectivity index (χ3v) is 1.01. The van der Waals surface area contributed by atoms with Crippen molar-refractivity contribution in [1.29, 1.82) is 5.26 Å². The molecule has 0 rings (SSSR count). The van der Waals surface area contributed by atoms with Gasteiger partial charge >= 0.3 is 5.43 Å². The first-order valence-electron chi connectivity index (χ1n) is 2.96. The lowest BCUT2D eigenvalue weighted by Crippen LogP contribution is -1.95. The topological polar surface area (TPSA) is 50.1 Å². The minimum Gasteiger partial charge on any atom is -0.454 e. The van der Waals surface area contributed by atoms with E-state index in [1.165, 1.54) is 0 Å². The van der Waals surface area contributed by atoms with Gasteiger partial charge in [0.05, 0.1) is 12.7 Å². The molecule has 4 heteroatoms. The van der Waals surface area contributed by atoms with Gasteiger partial charge in [-0.05, 0) is 12.8 Å². The predicted molar refractivity (Wildman–Crippen MR) is 36.7 cm³/mol. The zero-order valence-electron chi connectivity index (χ0n) is 5.47. The van der Waals surface area contributed by atoms with Crippen molar-refractivity contribution in [3.05, 3.63) is 0 Å². The maximum absolute atomic E-state index is 9.95. The Hall–Kier alpha value is -0.750. The normalized spacial score (nSPS) is 8.40. The van der Waals surface area contributed by atoms with Gasteiger partial charge in [-0.25, -0.2) is 4.79 Å². The molecule has 0 aliphatic rings. The molecule has 0 aliphatic heterocycles. The SMILES string of the molecule is N#CCCCCOC(=O)Cl. The Bertz CT molecular complexity index is 141. The van der Waals surface area contributed by atoms with Gasteiger partial charge in [0, 0.05) is 18.0 Å². The predicted octanol–water partition coefficient (Wildman–Crippen LogP) is 2.06. The first-order chi connectivity index (χ1) is 4.77. The van der Waals surface area contributed by atoms with Crippen LogP contribution >= 0.6 is 11.6 Å². The van der Waals surface area contributed by atoms with E-state index in [1.807, 2.05) is 6.07 Å². The maximum atomic E-state index is 9.95. The lowest BCUT2D eigenvalue weighted by Gasteiger charge is -1.96. The van der Waals surface area contributed by atoms with Gasteiger partial charge in [-0.1, -0.05) is 0 Å². The Kier molecular flexibility index (Phi) is 5.89. The quantitative estimate of drug-likeness (QED) is 0.469. The van der Waals surface area contributed by atoms with E-state index in [2.05, 4.69) is 4.74 Å². The van der Waals surface area contributed by atoms with E-state index in [4.69, 9.17) is 16.9 Å². The van der Waals surface area contributed by atoms with Gasteiger partial charge in [-0.2, -0.15) is 5.26 Å². The fourth-order valence-electron chi connectivity index (χ4n) is 0.459. The molecule has 0 spiro atoms. The van der Waals surface area contributed by atoms with Crippen molar-refractivity contribution in [2.24, 2.45) is 0 Å². The lowest BCUT2D eigenvalue weighted by molar-refractivity contribution is 0.171. The van der Waals surface area contributed by atoms with E-state index in [9.17, 15) is 4.79 Å². The molecular weight excluding hydrogens is 154 g/mol. The van der Waals surface area contributed by atoms with E-state index in [0.717, 1.165) is 6.42 Å². The Labute approximate surface area is 64.5 Å². The number of hydrogen-bond donors (Lipinski definition) is 0. The third-order valence-electron chi connectivity index (χ3n) is 0.898. The molecule has 56 valence electrons. The van der Waals surface area contributed by atoms with Crippen LogP contribution in [0.25, 0.3) is 0 Å². The van der Waals surface area contributed by atoms with Crippen LogP contribution in [0.5, 0.6) is 0 Å². The van der Waals surface area contributed by atoms with Crippen molar-refractivity contribution in [2.75, 3.05) is 6.61 Å². The fraction of sp³-hybridized carbons (Fsp3) is 0.667. The summed E-state index contributed by atoms with van der Waals surface area (Å²) in [5.74, 6) is 0. The number of nitrogens with zero attached hydrogens (tertiary/aromatic N) is 1. The van der Waals surface area contributed by atoms with Gasteiger partial charge in [0.15, 0.2) is 0 Å². The number of hydrogen-bond acceptors (Lipinski definition) is 3. The molecule has 0 aromatic rings. The van der Waals surface area contributed by atoms with Crippen molar-refractivity contribution in [2.45, 2.75) is 19.3 Å². The van der Waals surface area contributed by atoms with Crippen LogP contribution in [-0.2, 0) is 4.74 Å². The van der Waals surface area contributed by atoms with Crippen molar-refractivity contribution in [3.63, 3.8) is 0 Å². The molecule has 0 saturated carbocycles. The van der Waals surface area contributed by atoms with Crippen molar-refractivity contribution in [3.8, 4) is 6.07 Å². The molecule has 0 atom stereocenters. The van der Waals surface area contributed by atoms with Crippen molar-refractivity contribution >= 4 is 17.0 Å². The summed E-state index contributed by atoms with van der Waals surface area (Å²) < 4.78 is 4.41. The zero-order valence-corrected chi connectivity index (χ0v) is 6.23. The summed E-state index contributed by atoms with van der Waals surface area (Å²) in [6, 6.07) is 1.98. The summed E-state index contributed by atoms with van der Waals surface area (Å²) in [5, 5.41) is 8.09. The minimum absolute atomic E-state index is 0.310. The number of unbranched alkanes of at least 4 members (excludes halogenated alkanes) is 2. The second-order valence-corrected chi connectivity index (χ2v) is 2.01. The van der Waals surface area contributed by atoms with E-state index in [0.29, 0.717) is 19.4 Å². The summed E-state index contributed by atoms with van der Waals surface area (Å²) in [5.41, 5.74) is -0.781. The highest BCUT2D eigenvalue weighted by molar-refractivity contribution is 6.61. The highest BCUT2D eigenvalue weighted by Gasteiger charge is 1.93. The zero-order chi connectivity index (χ0) is 7.82. The van der Waals surface area contributed by atoms with Crippen molar-refractivity contribution in [1.82, 2.24) is 0 Å². The number of carbonyl (C=O) groups is 1. The van der Waals surface area contributed by atoms with Gasteiger partial charge in [-0.15, -0.1) is 0 Å². The minimum atomic E-state index is -0.781. The molecule has 10 heavy (non-hydrogen) atoms. The summed E-state index contributed by atoms with van der Waals surface area (Å²) in [6.45, 7) is 0.310. The van der Waals surface area contributed by atoms with Crippen LogP contribution in [0.15, 0.2) is 0 Å². The average Bonchev–Trinajstić information content (AvgIpc) is 1.87. The summed E-state index contributed by atoms with van der Waals surface area (Å²) in [4.78, 5) is 9.95. The largest absolute Gasteiger partial charge is 0.454 e. The first kappa shape index (κ1) is 9.25. The number of rotatable bonds is 4. The monoisotopic (exact) mass is 161 g/mol. The third kappa shape index (κ3) is 7.25. The molecule has 0 unspecified atom stereocenters. The van der Waals surface area contributed by atoms with Gasteiger partial charge < -0.3 is 4.74 Å². The molecule has 0 fully saturated rings. The Morgan fingerprint density at radius 1 is 1.60 bits per heavy atom. The van der Waals surface area contributed by atoms with Gasteiger partial charge in [0.25, 0.3) is 0 Å². The lowest BCUT2D eigenvalue weighted by atomic mass is 10.3. The first-order valence-corrected chi connectivity index (χ1v) is 3.34. The molecule has 0 aromatic heterocycles. The number of carbonyl (C=O) groups excluding carboxylic acids is 1. The van der Waals surface area contributed by atoms with Crippen LogP contribution < -0.4 is 0 Å². The maximum Gasteiger partial charge on any atom is 0.403 e. The van der Waals surface area contributed by atoms with Crippen molar-refractivity contribution < 1.29 is 9.53 Å². The fourth-order valence-corrected chi connectivity index (χ4v) is 0.536. The van der Waals surface area contributed by atoms with E-state index < -0.39 is 5.43 Å². The van der Waals surface area contributed by atoms with Gasteiger partial charge in [-0.3, -0.25) is 0 Å². The molecule has 0 aromatic carbocycles. The molecule has 0 radical (unpaired) electrons. The number of ether oxygens (including phenoxy) is 1. The van der Waals surface area contributed by atoms with Gasteiger partial charge in [0.2, 0.25) is 0 Å². The van der Waals surface area contributed by atoms with E-state index in [-0.39, 0.29) is 0 Å². The Morgan fingerprint density at radius 3 is 2.80 bits per heavy atom. The highest BCUT2D eigenvalue weighted by Crippen LogP contribution is 1.95. The highest BCUT2D eigenvalue weighted by atomic mass is 35.5. The number of halogens is 1.